The molecule has 1 aromatic rings. The number of aliphatic hydroxyl groups excluding tert-OH is 1. The zero-order valence-electron chi connectivity index (χ0n) is 12.0. The van der Waals surface area contributed by atoms with Crippen molar-refractivity contribution in [1.29, 1.82) is 0 Å². The molecular weight excluding hydrogens is 262 g/mol. The summed E-state index contributed by atoms with van der Waals surface area (Å²) >= 11 is 0. The van der Waals surface area contributed by atoms with Gasteiger partial charge in [0.15, 0.2) is 9.84 Å². The third-order valence-corrected chi connectivity index (χ3v) is 4.39. The quantitative estimate of drug-likeness (QED) is 0.870. The zero-order valence-corrected chi connectivity index (χ0v) is 12.8. The van der Waals surface area contributed by atoms with E-state index in [2.05, 4.69) is 26.1 Å². The van der Waals surface area contributed by atoms with Gasteiger partial charge < -0.3 is 10.4 Å². The summed E-state index contributed by atoms with van der Waals surface area (Å²) in [7, 11) is -3.44. The first-order valence-corrected chi connectivity index (χ1v) is 7.99. The Kier molecular flexibility index (Phi) is 4.98. The van der Waals surface area contributed by atoms with Crippen LogP contribution >= 0.6 is 0 Å². The molecule has 0 spiro atoms. The lowest BCUT2D eigenvalue weighted by Gasteiger charge is -2.21. The fourth-order valence-electron chi connectivity index (χ4n) is 1.64. The molecule has 0 saturated heterocycles. The lowest BCUT2D eigenvalue weighted by molar-refractivity contribution is 0.319. The largest absolute Gasteiger partial charge is 0.395 e. The standard InChI is InChI=1S/C14H23NO3S/c1-11-5-6-13(19(17,18)8-7-16)12(9-11)15-10-14(2,3)4/h5-6,9,15-16H,7-8,10H2,1-4H3. The van der Waals surface area contributed by atoms with Crippen LogP contribution in [0.15, 0.2) is 23.1 Å². The van der Waals surface area contributed by atoms with E-state index in [-0.39, 0.29) is 22.7 Å². The summed E-state index contributed by atoms with van der Waals surface area (Å²) in [5, 5.41) is 12.1. The van der Waals surface area contributed by atoms with Crippen LogP contribution in [0, 0.1) is 12.3 Å². The van der Waals surface area contributed by atoms with Gasteiger partial charge in [0.25, 0.3) is 0 Å². The molecule has 0 atom stereocenters. The van der Waals surface area contributed by atoms with E-state index in [4.69, 9.17) is 5.11 Å². The Bertz CT molecular complexity index is 530. The minimum atomic E-state index is -3.44. The number of aryl methyl sites for hydroxylation is 1. The monoisotopic (exact) mass is 285 g/mol. The van der Waals surface area contributed by atoms with Crippen LogP contribution in [0.1, 0.15) is 26.3 Å². The van der Waals surface area contributed by atoms with E-state index in [0.29, 0.717) is 12.2 Å². The minimum absolute atomic E-state index is 0.0573. The Morgan fingerprint density at radius 2 is 1.89 bits per heavy atom. The fourth-order valence-corrected chi connectivity index (χ4v) is 2.85. The maximum atomic E-state index is 12.1. The molecule has 0 aliphatic carbocycles. The van der Waals surface area contributed by atoms with Crippen LogP contribution in [0.2, 0.25) is 0 Å². The van der Waals surface area contributed by atoms with Crippen molar-refractivity contribution in [2.45, 2.75) is 32.6 Å². The predicted molar refractivity (Wildman–Crippen MR) is 78.3 cm³/mol. The van der Waals surface area contributed by atoms with Gasteiger partial charge >= 0.3 is 0 Å². The smallest absolute Gasteiger partial charge is 0.182 e. The average molecular weight is 285 g/mol. The van der Waals surface area contributed by atoms with Gasteiger partial charge in [-0.25, -0.2) is 8.42 Å². The molecule has 0 aliphatic rings. The third-order valence-electron chi connectivity index (χ3n) is 2.64. The van der Waals surface area contributed by atoms with Gasteiger partial charge in [0.2, 0.25) is 0 Å². The Balaban J connectivity index is 3.12. The number of hydrogen-bond donors (Lipinski definition) is 2. The van der Waals surface area contributed by atoms with E-state index in [1.165, 1.54) is 0 Å². The Morgan fingerprint density at radius 3 is 2.42 bits per heavy atom. The van der Waals surface area contributed by atoms with Crippen molar-refractivity contribution < 1.29 is 13.5 Å². The van der Waals surface area contributed by atoms with Crippen LogP contribution in [0.3, 0.4) is 0 Å². The number of aliphatic hydroxyl groups is 1. The molecule has 108 valence electrons. The van der Waals surface area contributed by atoms with Crippen molar-refractivity contribution in [3.8, 4) is 0 Å². The fraction of sp³-hybridized carbons (Fsp3) is 0.571. The summed E-state index contributed by atoms with van der Waals surface area (Å²) in [5.41, 5.74) is 1.67. The summed E-state index contributed by atoms with van der Waals surface area (Å²) < 4.78 is 24.2. The zero-order chi connectivity index (χ0) is 14.7. The summed E-state index contributed by atoms with van der Waals surface area (Å²) in [4.78, 5) is 0.261. The van der Waals surface area contributed by atoms with E-state index in [1.807, 2.05) is 13.0 Å². The van der Waals surface area contributed by atoms with Gasteiger partial charge in [-0.1, -0.05) is 26.8 Å². The van der Waals surface area contributed by atoms with E-state index in [0.717, 1.165) is 5.56 Å². The highest BCUT2D eigenvalue weighted by molar-refractivity contribution is 7.91. The summed E-state index contributed by atoms with van der Waals surface area (Å²) in [6, 6.07) is 5.20. The van der Waals surface area contributed by atoms with Crippen LogP contribution in [0.4, 0.5) is 5.69 Å². The lowest BCUT2D eigenvalue weighted by Crippen LogP contribution is -2.21. The topological polar surface area (TPSA) is 66.4 Å². The van der Waals surface area contributed by atoms with Crippen molar-refractivity contribution in [3.05, 3.63) is 23.8 Å². The van der Waals surface area contributed by atoms with Gasteiger partial charge in [0, 0.05) is 6.54 Å². The molecular formula is C14H23NO3S. The second-order valence-corrected chi connectivity index (χ2v) is 8.03. The minimum Gasteiger partial charge on any atom is -0.395 e. The van der Waals surface area contributed by atoms with Gasteiger partial charge in [0.1, 0.15) is 0 Å². The number of rotatable bonds is 5. The van der Waals surface area contributed by atoms with Crippen LogP contribution in [0.25, 0.3) is 0 Å². The SMILES string of the molecule is Cc1ccc(S(=O)(=O)CCO)c(NCC(C)(C)C)c1. The number of nitrogens with one attached hydrogen (secondary N) is 1. The van der Waals surface area contributed by atoms with E-state index < -0.39 is 9.84 Å². The Labute approximate surface area is 115 Å². The first-order valence-electron chi connectivity index (χ1n) is 6.34. The second kappa shape index (κ2) is 5.92. The highest BCUT2D eigenvalue weighted by atomic mass is 32.2. The normalized spacial score (nSPS) is 12.5. The third kappa shape index (κ3) is 4.84. The van der Waals surface area contributed by atoms with Crippen LogP contribution in [-0.2, 0) is 9.84 Å². The number of hydrogen-bond acceptors (Lipinski definition) is 4. The van der Waals surface area contributed by atoms with E-state index in [9.17, 15) is 8.42 Å². The Morgan fingerprint density at radius 1 is 1.26 bits per heavy atom. The van der Waals surface area contributed by atoms with Crippen LogP contribution in [-0.4, -0.2) is 32.4 Å². The number of sulfone groups is 1. The first-order chi connectivity index (χ1) is 8.65. The Hall–Kier alpha value is -1.07. The second-order valence-electron chi connectivity index (χ2n) is 5.96. The molecule has 0 saturated carbocycles. The summed E-state index contributed by atoms with van der Waals surface area (Å²) in [5.74, 6) is -0.250. The summed E-state index contributed by atoms with van der Waals surface area (Å²) in [6.07, 6.45) is 0. The van der Waals surface area contributed by atoms with Crippen molar-refractivity contribution in [3.63, 3.8) is 0 Å². The first kappa shape index (κ1) is 16.0. The van der Waals surface area contributed by atoms with Gasteiger partial charge in [-0.05, 0) is 30.0 Å². The lowest BCUT2D eigenvalue weighted by atomic mass is 9.97. The molecule has 0 aromatic heterocycles. The average Bonchev–Trinajstić information content (AvgIpc) is 2.25. The predicted octanol–water partition coefficient (Wildman–Crippen LogP) is 2.22. The van der Waals surface area contributed by atoms with Gasteiger partial charge in [0.05, 0.1) is 22.9 Å². The maximum Gasteiger partial charge on any atom is 0.182 e. The van der Waals surface area contributed by atoms with Crippen LogP contribution < -0.4 is 5.32 Å². The number of benzene rings is 1. The molecule has 5 heteroatoms. The van der Waals surface area contributed by atoms with Crippen molar-refractivity contribution in [1.82, 2.24) is 0 Å². The van der Waals surface area contributed by atoms with Crippen molar-refractivity contribution in [2.75, 3.05) is 24.2 Å². The van der Waals surface area contributed by atoms with Gasteiger partial charge in [-0.3, -0.25) is 0 Å². The molecule has 0 fully saturated rings. The molecule has 1 rings (SSSR count). The van der Waals surface area contributed by atoms with E-state index in [1.54, 1.807) is 12.1 Å². The highest BCUT2D eigenvalue weighted by Crippen LogP contribution is 2.25. The van der Waals surface area contributed by atoms with Gasteiger partial charge in [-0.2, -0.15) is 0 Å². The molecule has 1 aromatic carbocycles. The van der Waals surface area contributed by atoms with Crippen molar-refractivity contribution >= 4 is 15.5 Å². The molecule has 0 amide bonds. The molecule has 0 unspecified atom stereocenters. The molecule has 19 heavy (non-hydrogen) atoms. The molecule has 4 nitrogen and oxygen atoms in total. The highest BCUT2D eigenvalue weighted by Gasteiger charge is 2.19. The molecule has 0 radical (unpaired) electrons. The number of anilines is 1. The van der Waals surface area contributed by atoms with Crippen molar-refractivity contribution in [2.24, 2.45) is 5.41 Å². The molecule has 0 bridgehead atoms. The molecule has 0 heterocycles. The molecule has 0 aliphatic heterocycles. The van der Waals surface area contributed by atoms with Gasteiger partial charge in [-0.15, -0.1) is 0 Å². The summed E-state index contributed by atoms with van der Waals surface area (Å²) in [6.45, 7) is 8.48. The maximum absolute atomic E-state index is 12.1. The van der Waals surface area contributed by atoms with Crippen LogP contribution in [0.5, 0.6) is 0 Å². The van der Waals surface area contributed by atoms with E-state index >= 15 is 0 Å². The molecule has 2 N–H and O–H groups in total.